The van der Waals surface area contributed by atoms with Gasteiger partial charge in [0.05, 0.1) is 11.5 Å². The van der Waals surface area contributed by atoms with E-state index in [9.17, 15) is 18.7 Å². The van der Waals surface area contributed by atoms with Crippen LogP contribution in [0, 0.1) is 29.4 Å². The third kappa shape index (κ3) is 4.23. The fourth-order valence-electron chi connectivity index (χ4n) is 6.02. The number of amides is 1. The lowest BCUT2D eigenvalue weighted by atomic mass is 9.70. The summed E-state index contributed by atoms with van der Waals surface area (Å²) < 4.78 is 28.5. The summed E-state index contributed by atoms with van der Waals surface area (Å²) in [5.74, 6) is -2.14. The van der Waals surface area contributed by atoms with E-state index < -0.39 is 29.1 Å². The molecule has 2 saturated heterocycles. The molecule has 2 aliphatic rings. The number of hydrogen-bond acceptors (Lipinski definition) is 5. The summed E-state index contributed by atoms with van der Waals surface area (Å²) in [5.41, 5.74) is 0.118. The van der Waals surface area contributed by atoms with E-state index in [1.54, 1.807) is 17.2 Å². The molecule has 3 aromatic rings. The van der Waals surface area contributed by atoms with Crippen molar-refractivity contribution in [3.63, 3.8) is 0 Å². The van der Waals surface area contributed by atoms with Crippen molar-refractivity contribution >= 4 is 11.7 Å². The van der Waals surface area contributed by atoms with Crippen molar-refractivity contribution in [2.45, 2.75) is 25.4 Å². The maximum absolute atomic E-state index is 14.9. The average molecular weight is 493 g/mol. The standard InChI is InChI=1S/C28H30F2N4O2/c1-18-13-34(14-19(2)28(18,36)20-6-4-3-5-7-20)27(35)24-16-33(26-10-11-31-17-32-26)15-23(24)22-9-8-21(29)12-25(22)30/h3-12,17-19,23-24,36H,13-16H2,1-2H3/t18-,19+,23-,24+,28-/m0/s1. The predicted octanol–water partition coefficient (Wildman–Crippen LogP) is 3.98. The van der Waals surface area contributed by atoms with Crippen LogP contribution in [-0.4, -0.2) is 52.1 Å². The van der Waals surface area contributed by atoms with Crippen LogP contribution in [0.2, 0.25) is 0 Å². The third-order valence-electron chi connectivity index (χ3n) is 7.93. The molecule has 188 valence electrons. The summed E-state index contributed by atoms with van der Waals surface area (Å²) in [6.45, 7) is 5.43. The molecule has 0 aliphatic carbocycles. The van der Waals surface area contributed by atoms with Gasteiger partial charge in [0.15, 0.2) is 0 Å². The Balaban J connectivity index is 1.43. The largest absolute Gasteiger partial charge is 0.384 e. The van der Waals surface area contributed by atoms with Crippen molar-refractivity contribution in [1.82, 2.24) is 14.9 Å². The summed E-state index contributed by atoms with van der Waals surface area (Å²) in [6.07, 6.45) is 3.07. The number of hydrogen-bond donors (Lipinski definition) is 1. The molecule has 5 atom stereocenters. The zero-order valence-electron chi connectivity index (χ0n) is 20.4. The van der Waals surface area contributed by atoms with Gasteiger partial charge in [0.1, 0.15) is 23.8 Å². The molecule has 2 aromatic carbocycles. The first-order valence-electron chi connectivity index (χ1n) is 12.3. The first-order valence-corrected chi connectivity index (χ1v) is 12.3. The van der Waals surface area contributed by atoms with E-state index in [1.165, 1.54) is 18.5 Å². The van der Waals surface area contributed by atoms with Crippen molar-refractivity contribution in [1.29, 1.82) is 0 Å². The number of anilines is 1. The molecule has 1 aromatic heterocycles. The number of rotatable bonds is 4. The summed E-state index contributed by atoms with van der Waals surface area (Å²) in [4.78, 5) is 26.0. The lowest BCUT2D eigenvalue weighted by Gasteiger charge is -2.48. The van der Waals surface area contributed by atoms with Gasteiger partial charge in [0.2, 0.25) is 5.91 Å². The fourth-order valence-corrected chi connectivity index (χ4v) is 6.02. The SMILES string of the molecule is C[C@@H]1CN(C(=O)[C@@H]2CN(c3ccncn3)C[C@H]2c2ccc(F)cc2F)C[C@H](C)[C@@]1(O)c1ccccc1. The van der Waals surface area contributed by atoms with Crippen LogP contribution in [0.15, 0.2) is 67.1 Å². The van der Waals surface area contributed by atoms with Gasteiger partial charge in [0.25, 0.3) is 0 Å². The van der Waals surface area contributed by atoms with Gasteiger partial charge in [-0.3, -0.25) is 4.79 Å². The Morgan fingerprint density at radius 2 is 1.72 bits per heavy atom. The minimum atomic E-state index is -1.05. The maximum Gasteiger partial charge on any atom is 0.228 e. The topological polar surface area (TPSA) is 69.6 Å². The zero-order chi connectivity index (χ0) is 25.4. The lowest BCUT2D eigenvalue weighted by Crippen LogP contribution is -2.57. The number of carbonyl (C=O) groups is 1. The highest BCUT2D eigenvalue weighted by atomic mass is 19.1. The average Bonchev–Trinajstić information content (AvgIpc) is 3.32. The highest BCUT2D eigenvalue weighted by molar-refractivity contribution is 5.82. The first kappa shape index (κ1) is 24.3. The molecule has 5 rings (SSSR count). The second-order valence-electron chi connectivity index (χ2n) is 10.1. The Kier molecular flexibility index (Phi) is 6.47. The molecular formula is C28H30F2N4O2. The molecule has 36 heavy (non-hydrogen) atoms. The number of halogens is 2. The van der Waals surface area contributed by atoms with E-state index in [1.807, 2.05) is 49.1 Å². The Bertz CT molecular complexity index is 1210. The summed E-state index contributed by atoms with van der Waals surface area (Å²) >= 11 is 0. The van der Waals surface area contributed by atoms with Gasteiger partial charge in [0, 0.05) is 56.2 Å². The molecule has 0 spiro atoms. The summed E-state index contributed by atoms with van der Waals surface area (Å²) in [6, 6.07) is 14.9. The second kappa shape index (κ2) is 9.58. The van der Waals surface area contributed by atoms with Gasteiger partial charge in [-0.05, 0) is 23.3 Å². The third-order valence-corrected chi connectivity index (χ3v) is 7.93. The van der Waals surface area contributed by atoms with Crippen LogP contribution in [-0.2, 0) is 10.4 Å². The smallest absolute Gasteiger partial charge is 0.228 e. The van der Waals surface area contributed by atoms with Crippen LogP contribution >= 0.6 is 0 Å². The molecule has 3 heterocycles. The molecule has 0 unspecified atom stereocenters. The van der Waals surface area contributed by atoms with Gasteiger partial charge >= 0.3 is 0 Å². The van der Waals surface area contributed by atoms with Crippen LogP contribution in [0.1, 0.15) is 30.9 Å². The van der Waals surface area contributed by atoms with Crippen LogP contribution in [0.4, 0.5) is 14.6 Å². The Labute approximate surface area is 209 Å². The predicted molar refractivity (Wildman–Crippen MR) is 132 cm³/mol. The van der Waals surface area contributed by atoms with Crippen LogP contribution in [0.25, 0.3) is 0 Å². The normalized spacial score (nSPS) is 28.4. The fraction of sp³-hybridized carbons (Fsp3) is 0.393. The molecule has 0 radical (unpaired) electrons. The van der Waals surface area contributed by atoms with Gasteiger partial charge in [-0.1, -0.05) is 50.2 Å². The van der Waals surface area contributed by atoms with Crippen molar-refractivity contribution in [3.05, 3.63) is 89.9 Å². The molecule has 6 nitrogen and oxygen atoms in total. The molecule has 1 N–H and O–H groups in total. The second-order valence-corrected chi connectivity index (χ2v) is 10.1. The number of aromatic nitrogens is 2. The van der Waals surface area contributed by atoms with Gasteiger partial charge in [-0.25, -0.2) is 18.7 Å². The number of nitrogens with zero attached hydrogens (tertiary/aromatic N) is 4. The van der Waals surface area contributed by atoms with E-state index in [0.29, 0.717) is 37.6 Å². The van der Waals surface area contributed by atoms with Crippen LogP contribution < -0.4 is 4.90 Å². The minimum absolute atomic E-state index is 0.0888. The Morgan fingerprint density at radius 3 is 2.36 bits per heavy atom. The minimum Gasteiger partial charge on any atom is -0.384 e. The molecule has 2 fully saturated rings. The van der Waals surface area contributed by atoms with E-state index >= 15 is 0 Å². The molecule has 2 aliphatic heterocycles. The molecule has 0 saturated carbocycles. The van der Waals surface area contributed by atoms with Crippen molar-refractivity contribution < 1.29 is 18.7 Å². The maximum atomic E-state index is 14.9. The number of carbonyl (C=O) groups excluding carboxylic acids is 1. The summed E-state index contributed by atoms with van der Waals surface area (Å²) in [7, 11) is 0. The van der Waals surface area contributed by atoms with Crippen molar-refractivity contribution in [2.24, 2.45) is 17.8 Å². The summed E-state index contributed by atoms with van der Waals surface area (Å²) in [5, 5.41) is 11.7. The molecule has 0 bridgehead atoms. The quantitative estimate of drug-likeness (QED) is 0.597. The Hall–Kier alpha value is -3.39. The van der Waals surface area contributed by atoms with Gasteiger partial charge in [-0.15, -0.1) is 0 Å². The monoisotopic (exact) mass is 492 g/mol. The highest BCUT2D eigenvalue weighted by Gasteiger charge is 2.49. The number of piperidine rings is 1. The lowest BCUT2D eigenvalue weighted by molar-refractivity contribution is -0.152. The molecule has 8 heteroatoms. The van der Waals surface area contributed by atoms with E-state index in [0.717, 1.165) is 11.6 Å². The molecule has 1 amide bonds. The zero-order valence-corrected chi connectivity index (χ0v) is 20.4. The van der Waals surface area contributed by atoms with E-state index in [2.05, 4.69) is 9.97 Å². The van der Waals surface area contributed by atoms with Gasteiger partial charge in [-0.2, -0.15) is 0 Å². The van der Waals surface area contributed by atoms with Crippen molar-refractivity contribution in [3.8, 4) is 0 Å². The van der Waals surface area contributed by atoms with Crippen LogP contribution in [0.5, 0.6) is 0 Å². The number of aliphatic hydroxyl groups is 1. The number of likely N-dealkylation sites (tertiary alicyclic amines) is 1. The first-order chi connectivity index (χ1) is 17.3. The number of benzene rings is 2. The highest BCUT2D eigenvalue weighted by Crippen LogP contribution is 2.43. The van der Waals surface area contributed by atoms with Crippen LogP contribution in [0.3, 0.4) is 0 Å². The van der Waals surface area contributed by atoms with E-state index in [4.69, 9.17) is 0 Å². The molecular weight excluding hydrogens is 462 g/mol. The van der Waals surface area contributed by atoms with Gasteiger partial charge < -0.3 is 14.9 Å². The van der Waals surface area contributed by atoms with Crippen molar-refractivity contribution in [2.75, 3.05) is 31.1 Å². The Morgan fingerprint density at radius 1 is 1.00 bits per heavy atom. The van der Waals surface area contributed by atoms with E-state index in [-0.39, 0.29) is 17.7 Å².